The number of thiophene rings is 1. The Morgan fingerprint density at radius 3 is 2.72 bits per heavy atom. The maximum absolute atomic E-state index is 13.6. The number of methoxy groups -OCH3 is 1. The molecule has 23 heteroatoms. The molecule has 2 saturated heterocycles. The van der Waals surface area contributed by atoms with Gasteiger partial charge < -0.3 is 40.4 Å². The van der Waals surface area contributed by atoms with Crippen molar-refractivity contribution in [2.75, 3.05) is 31.8 Å². The van der Waals surface area contributed by atoms with Gasteiger partial charge in [-0.1, -0.05) is 0 Å². The van der Waals surface area contributed by atoms with E-state index in [9.17, 15) is 28.8 Å². The highest BCUT2D eigenvalue weighted by atomic mass is 32.1. The molecule has 11 atom stereocenters. The number of phosphoric ester groups is 2. The number of rotatable bonds is 3. The zero-order valence-corrected chi connectivity index (χ0v) is 26.8. The molecule has 47 heavy (non-hydrogen) atoms. The van der Waals surface area contributed by atoms with Crippen LogP contribution in [0.2, 0.25) is 0 Å². The first kappa shape index (κ1) is 31.4. The standard InChI is InChI=1S/C24H28N8O12P2S/c1-39-15-10-3-40-45(35,36)44-19-14(33)13(32-7-29-12-20(25)27-6-28-21(12)32)9-2-24(9,19)5-41-46(37,38)43-16(15)17(42-10)18-11-8(4-47-18)22(34)31-23(26)30-11/h4,6-7,9-10,13-17,19,33H,2-3,5H2,1H3,(H,35,36)(H,37,38)(H2,25,27,28)(H3,26,30,31,34)/t9-,10-,13-,14+,15-,16-,17-,19+,24?/m1/s1. The van der Waals surface area contributed by atoms with Crippen LogP contribution in [-0.4, -0.2) is 95.2 Å². The minimum atomic E-state index is -4.94. The summed E-state index contributed by atoms with van der Waals surface area (Å²) in [6.45, 7) is -1.11. The third-order valence-electron chi connectivity index (χ3n) is 9.28. The number of anilines is 2. The molecule has 8 rings (SSSR count). The third kappa shape index (κ3) is 4.96. The number of nitrogens with zero attached hydrogens (tertiary/aromatic N) is 5. The van der Waals surface area contributed by atoms with Crippen molar-refractivity contribution in [3.63, 3.8) is 0 Å². The quantitative estimate of drug-likeness (QED) is 0.156. The van der Waals surface area contributed by atoms with E-state index >= 15 is 0 Å². The number of aromatic nitrogens is 6. The van der Waals surface area contributed by atoms with Crippen LogP contribution in [0.15, 0.2) is 22.8 Å². The summed E-state index contributed by atoms with van der Waals surface area (Å²) < 4.78 is 62.6. The average molecular weight is 715 g/mol. The lowest BCUT2D eigenvalue weighted by molar-refractivity contribution is -0.0538. The number of imidazole rings is 1. The third-order valence-corrected chi connectivity index (χ3v) is 12.2. The van der Waals surface area contributed by atoms with Crippen LogP contribution < -0.4 is 17.0 Å². The molecule has 0 aromatic carbocycles. The van der Waals surface area contributed by atoms with Gasteiger partial charge in [-0.05, 0) is 12.3 Å². The minimum absolute atomic E-state index is 0.117. The summed E-state index contributed by atoms with van der Waals surface area (Å²) in [5.41, 5.74) is 10.8. The van der Waals surface area contributed by atoms with E-state index in [1.54, 1.807) is 4.57 Å². The molecule has 3 unspecified atom stereocenters. The molecule has 4 aromatic heterocycles. The summed E-state index contributed by atoms with van der Waals surface area (Å²) in [6, 6.07) is -0.799. The predicted molar refractivity (Wildman–Crippen MR) is 160 cm³/mol. The van der Waals surface area contributed by atoms with Crippen LogP contribution in [0.3, 0.4) is 0 Å². The van der Waals surface area contributed by atoms with Gasteiger partial charge in [0.05, 0.1) is 41.4 Å². The van der Waals surface area contributed by atoms with Gasteiger partial charge in [0, 0.05) is 17.9 Å². The highest BCUT2D eigenvalue weighted by molar-refractivity contribution is 7.47. The second-order valence-corrected chi connectivity index (χ2v) is 15.5. The molecule has 2 aliphatic heterocycles. The number of nitrogens with two attached hydrogens (primary N) is 2. The largest absolute Gasteiger partial charge is 0.472 e. The fraction of sp³-hybridized carbons (Fsp3) is 0.542. The monoisotopic (exact) mass is 714 g/mol. The van der Waals surface area contributed by atoms with Crippen LogP contribution in [0.1, 0.15) is 23.4 Å². The van der Waals surface area contributed by atoms with Gasteiger partial charge in [0.15, 0.2) is 11.5 Å². The Hall–Kier alpha value is -2.91. The van der Waals surface area contributed by atoms with Gasteiger partial charge in [-0.2, -0.15) is 0 Å². The number of nitrogens with one attached hydrogen (secondary N) is 1. The molecule has 2 bridgehead atoms. The SMILES string of the molecule is CO[C@H]1[C@H]2OP(=O)(O)OCC34C[C@@H]3[C@@H](n3cnc5c(N)ncnc53)[C@H](O)[C@@H]4OP(=O)(O)OC[C@H]1O[C@H]2c1scc2c(=O)[nH]c(N)nc12. The normalized spacial score (nSPS) is 40.4. The summed E-state index contributed by atoms with van der Waals surface area (Å²) >= 11 is 1.07. The van der Waals surface area contributed by atoms with Crippen molar-refractivity contribution in [3.05, 3.63) is 33.3 Å². The van der Waals surface area contributed by atoms with Gasteiger partial charge in [-0.25, -0.2) is 29.1 Å². The predicted octanol–water partition coefficient (Wildman–Crippen LogP) is 0.384. The number of aliphatic hydroxyl groups is 1. The Morgan fingerprint density at radius 2 is 1.94 bits per heavy atom. The molecule has 2 aliphatic carbocycles. The summed E-state index contributed by atoms with van der Waals surface area (Å²) in [7, 11) is -8.59. The molecule has 6 heterocycles. The molecule has 0 amide bonds. The Morgan fingerprint density at radius 1 is 1.15 bits per heavy atom. The van der Waals surface area contributed by atoms with E-state index in [2.05, 4.69) is 24.9 Å². The lowest BCUT2D eigenvalue weighted by Gasteiger charge is -2.30. The number of phosphoric acid groups is 2. The van der Waals surface area contributed by atoms with Gasteiger partial charge >= 0.3 is 15.6 Å². The molecule has 4 aliphatic rings. The van der Waals surface area contributed by atoms with E-state index in [0.717, 1.165) is 11.3 Å². The van der Waals surface area contributed by atoms with Crippen molar-refractivity contribution in [2.45, 2.75) is 49.1 Å². The van der Waals surface area contributed by atoms with Gasteiger partial charge in [0.1, 0.15) is 48.5 Å². The number of H-pyrrole nitrogens is 1. The maximum Gasteiger partial charge on any atom is 0.472 e. The van der Waals surface area contributed by atoms with Gasteiger partial charge in [0.2, 0.25) is 5.95 Å². The van der Waals surface area contributed by atoms with E-state index < -0.39 is 88.4 Å². The van der Waals surface area contributed by atoms with Gasteiger partial charge in [-0.3, -0.25) is 27.9 Å². The molecular formula is C24H28N8O12P2S. The van der Waals surface area contributed by atoms with E-state index in [1.807, 2.05) is 0 Å². The van der Waals surface area contributed by atoms with Crippen LogP contribution >= 0.6 is 27.0 Å². The summed E-state index contributed by atoms with van der Waals surface area (Å²) in [5, 5.41) is 13.2. The smallest absolute Gasteiger partial charge is 0.388 e. The number of hydrogen-bond donors (Lipinski definition) is 6. The zero-order valence-electron chi connectivity index (χ0n) is 24.2. The van der Waals surface area contributed by atoms with Gasteiger partial charge in [-0.15, -0.1) is 11.3 Å². The number of aliphatic hydroxyl groups excluding tert-OH is 1. The number of nitrogen functional groups attached to an aromatic ring is 2. The molecule has 8 N–H and O–H groups in total. The molecule has 4 aromatic rings. The fourth-order valence-corrected chi connectivity index (χ4v) is 10.2. The van der Waals surface area contributed by atoms with Crippen LogP contribution in [0.25, 0.3) is 22.1 Å². The highest BCUT2D eigenvalue weighted by Crippen LogP contribution is 2.72. The number of ether oxygens (including phenoxy) is 2. The van der Waals surface area contributed by atoms with Crippen LogP contribution in [0.4, 0.5) is 11.8 Å². The van der Waals surface area contributed by atoms with E-state index in [4.69, 9.17) is 39.0 Å². The topological polar surface area (TPSA) is 292 Å². The second kappa shape index (κ2) is 10.8. The lowest BCUT2D eigenvalue weighted by atomic mass is 10.0. The van der Waals surface area contributed by atoms with E-state index in [1.165, 1.54) is 25.1 Å². The molecule has 1 spiro atoms. The Bertz CT molecular complexity index is 2060. The number of fused-ring (bicyclic) bond motifs is 4. The van der Waals surface area contributed by atoms with Crippen molar-refractivity contribution in [2.24, 2.45) is 11.3 Å². The van der Waals surface area contributed by atoms with Crippen LogP contribution in [0.5, 0.6) is 0 Å². The number of hydrogen-bond acceptors (Lipinski definition) is 17. The molecule has 20 nitrogen and oxygen atoms in total. The van der Waals surface area contributed by atoms with Crippen molar-refractivity contribution in [1.29, 1.82) is 0 Å². The first-order valence-electron chi connectivity index (χ1n) is 14.2. The first-order valence-corrected chi connectivity index (χ1v) is 18.1. The Labute approximate surface area is 267 Å². The molecule has 4 fully saturated rings. The zero-order chi connectivity index (χ0) is 33.0. The fourth-order valence-electron chi connectivity index (χ4n) is 7.14. The van der Waals surface area contributed by atoms with E-state index in [0.29, 0.717) is 10.5 Å². The van der Waals surface area contributed by atoms with Crippen molar-refractivity contribution in [1.82, 2.24) is 29.5 Å². The molecule has 252 valence electrons. The minimum Gasteiger partial charge on any atom is -0.388 e. The second-order valence-electron chi connectivity index (χ2n) is 11.8. The van der Waals surface area contributed by atoms with Crippen LogP contribution in [-0.2, 0) is 36.7 Å². The summed E-state index contributed by atoms with van der Waals surface area (Å²) in [4.78, 5) is 53.8. The molecule has 0 radical (unpaired) electrons. The first-order chi connectivity index (χ1) is 22.3. The van der Waals surface area contributed by atoms with Crippen molar-refractivity contribution >= 4 is 60.8 Å². The maximum atomic E-state index is 13.6. The van der Waals surface area contributed by atoms with Crippen molar-refractivity contribution in [3.8, 4) is 0 Å². The average Bonchev–Trinajstić information content (AvgIpc) is 3.30. The van der Waals surface area contributed by atoms with Crippen molar-refractivity contribution < 1.29 is 51.6 Å². The number of aromatic amines is 1. The van der Waals surface area contributed by atoms with Crippen LogP contribution in [0, 0.1) is 11.3 Å². The van der Waals surface area contributed by atoms with E-state index in [-0.39, 0.29) is 34.6 Å². The van der Waals surface area contributed by atoms with Gasteiger partial charge in [0.25, 0.3) is 5.56 Å². The Balaban J connectivity index is 1.15. The Kier molecular flexibility index (Phi) is 7.20. The highest BCUT2D eigenvalue weighted by Gasteiger charge is 2.74. The molecular weight excluding hydrogens is 686 g/mol. The lowest BCUT2D eigenvalue weighted by Crippen LogP contribution is -2.38. The summed E-state index contributed by atoms with van der Waals surface area (Å²) in [6.07, 6.45) is -4.71. The summed E-state index contributed by atoms with van der Waals surface area (Å²) in [5.74, 6) is -0.527. The molecule has 2 saturated carbocycles.